The molecule has 1 N–H and O–H groups in total. The number of carbonyl (C=O) groups excluding carboxylic acids is 2. The zero-order chi connectivity index (χ0) is 17.2. The fourth-order valence-corrected chi connectivity index (χ4v) is 2.21. The second kappa shape index (κ2) is 9.87. The number of rotatable bonds is 9. The van der Waals surface area contributed by atoms with E-state index in [0.717, 1.165) is 6.42 Å². The molecule has 0 aliphatic rings. The number of benzene rings is 1. The van der Waals surface area contributed by atoms with Gasteiger partial charge in [0.25, 0.3) is 0 Å². The van der Waals surface area contributed by atoms with Crippen molar-refractivity contribution in [2.45, 2.75) is 40.5 Å². The second-order valence-electron chi connectivity index (χ2n) is 5.85. The van der Waals surface area contributed by atoms with Gasteiger partial charge >= 0.3 is 0 Å². The van der Waals surface area contributed by atoms with Crippen molar-refractivity contribution < 1.29 is 14.3 Å². The first kappa shape index (κ1) is 19.0. The lowest BCUT2D eigenvalue weighted by molar-refractivity contribution is -0.121. The Kier molecular flexibility index (Phi) is 8.16. The molecule has 0 aromatic heterocycles. The monoisotopic (exact) mass is 320 g/mol. The molecule has 1 rings (SSSR count). The molecule has 0 aliphatic heterocycles. The highest BCUT2D eigenvalue weighted by Gasteiger charge is 2.17. The molecule has 0 radical (unpaired) electrons. The quantitative estimate of drug-likeness (QED) is 0.761. The molecule has 1 aromatic carbocycles. The lowest BCUT2D eigenvalue weighted by Gasteiger charge is -2.23. The van der Waals surface area contributed by atoms with E-state index in [4.69, 9.17) is 4.74 Å². The van der Waals surface area contributed by atoms with Crippen LogP contribution in [-0.4, -0.2) is 31.5 Å². The van der Waals surface area contributed by atoms with E-state index < -0.39 is 0 Å². The molecule has 5 nitrogen and oxygen atoms in total. The first-order chi connectivity index (χ1) is 11.0. The minimum atomic E-state index is -0.105. The Morgan fingerprint density at radius 3 is 2.57 bits per heavy atom. The number of nitrogens with one attached hydrogen (secondary N) is 1. The van der Waals surface area contributed by atoms with Crippen molar-refractivity contribution in [1.82, 2.24) is 5.32 Å². The van der Waals surface area contributed by atoms with Crippen LogP contribution >= 0.6 is 0 Å². The summed E-state index contributed by atoms with van der Waals surface area (Å²) in [6.45, 7) is 9.18. The van der Waals surface area contributed by atoms with Crippen molar-refractivity contribution in [1.29, 1.82) is 0 Å². The van der Waals surface area contributed by atoms with Crippen molar-refractivity contribution in [2.75, 3.05) is 24.6 Å². The normalized spacial score (nSPS) is 10.5. The molecule has 23 heavy (non-hydrogen) atoms. The van der Waals surface area contributed by atoms with Crippen molar-refractivity contribution >= 4 is 17.5 Å². The molecule has 0 unspecified atom stereocenters. The maximum absolute atomic E-state index is 12.0. The molecule has 0 fully saturated rings. The van der Waals surface area contributed by atoms with Crippen LogP contribution in [0.2, 0.25) is 0 Å². The van der Waals surface area contributed by atoms with Gasteiger partial charge in [-0.2, -0.15) is 0 Å². The lowest BCUT2D eigenvalue weighted by atomic mass is 10.1. The van der Waals surface area contributed by atoms with Crippen molar-refractivity contribution in [3.63, 3.8) is 0 Å². The largest absolute Gasteiger partial charge is 0.492 e. The average molecular weight is 320 g/mol. The van der Waals surface area contributed by atoms with E-state index >= 15 is 0 Å². The van der Waals surface area contributed by atoms with Crippen LogP contribution in [0.1, 0.15) is 40.5 Å². The van der Waals surface area contributed by atoms with Gasteiger partial charge < -0.3 is 15.0 Å². The van der Waals surface area contributed by atoms with Crippen molar-refractivity contribution in [3.05, 3.63) is 24.3 Å². The topological polar surface area (TPSA) is 58.6 Å². The van der Waals surface area contributed by atoms with Gasteiger partial charge in [-0.25, -0.2) is 0 Å². The molecule has 0 saturated heterocycles. The summed E-state index contributed by atoms with van der Waals surface area (Å²) in [6.07, 6.45) is 1.23. The van der Waals surface area contributed by atoms with Crippen LogP contribution in [0.4, 0.5) is 5.69 Å². The minimum absolute atomic E-state index is 0.0363. The second-order valence-corrected chi connectivity index (χ2v) is 5.85. The van der Waals surface area contributed by atoms with Crippen LogP contribution in [0.25, 0.3) is 0 Å². The molecule has 0 saturated carbocycles. The van der Waals surface area contributed by atoms with E-state index in [9.17, 15) is 9.59 Å². The molecule has 128 valence electrons. The Balaban J connectivity index is 2.66. The molecule has 2 amide bonds. The molecular weight excluding hydrogens is 292 g/mol. The number of amides is 2. The SMILES string of the molecule is CCOc1ccccc1N(CCC(=O)NCCC(C)C)C(C)=O. The zero-order valence-electron chi connectivity index (χ0n) is 14.6. The summed E-state index contributed by atoms with van der Waals surface area (Å²) in [5.41, 5.74) is 0.705. The Morgan fingerprint density at radius 1 is 1.26 bits per heavy atom. The Bertz CT molecular complexity index is 515. The highest BCUT2D eigenvalue weighted by Crippen LogP contribution is 2.28. The summed E-state index contributed by atoms with van der Waals surface area (Å²) in [7, 11) is 0. The lowest BCUT2D eigenvalue weighted by Crippen LogP contribution is -2.34. The Labute approximate surface area is 139 Å². The number of nitrogens with zero attached hydrogens (tertiary/aromatic N) is 1. The van der Waals surface area contributed by atoms with Crippen molar-refractivity contribution in [3.8, 4) is 5.75 Å². The van der Waals surface area contributed by atoms with E-state index in [2.05, 4.69) is 19.2 Å². The zero-order valence-corrected chi connectivity index (χ0v) is 14.6. The fraction of sp³-hybridized carbons (Fsp3) is 0.556. The smallest absolute Gasteiger partial charge is 0.223 e. The Hall–Kier alpha value is -2.04. The number of carbonyl (C=O) groups is 2. The third kappa shape index (κ3) is 6.72. The highest BCUT2D eigenvalue weighted by atomic mass is 16.5. The van der Waals surface area contributed by atoms with Crippen LogP contribution in [0.5, 0.6) is 5.75 Å². The molecular formula is C18H28N2O3. The van der Waals surface area contributed by atoms with E-state index in [1.165, 1.54) is 6.92 Å². The molecule has 0 atom stereocenters. The van der Waals surface area contributed by atoms with Gasteiger partial charge in [-0.3, -0.25) is 9.59 Å². The van der Waals surface area contributed by atoms with Crippen LogP contribution in [-0.2, 0) is 9.59 Å². The van der Waals surface area contributed by atoms with Crippen LogP contribution in [0, 0.1) is 5.92 Å². The molecule has 0 aliphatic carbocycles. The van der Waals surface area contributed by atoms with E-state index in [-0.39, 0.29) is 18.2 Å². The first-order valence-electron chi connectivity index (χ1n) is 8.22. The summed E-state index contributed by atoms with van der Waals surface area (Å²) in [4.78, 5) is 25.5. The molecule has 1 aromatic rings. The fourth-order valence-electron chi connectivity index (χ4n) is 2.21. The molecule has 5 heteroatoms. The molecule has 0 heterocycles. The van der Waals surface area contributed by atoms with Crippen LogP contribution in [0.3, 0.4) is 0 Å². The minimum Gasteiger partial charge on any atom is -0.492 e. The van der Waals surface area contributed by atoms with Gasteiger partial charge in [-0.05, 0) is 31.4 Å². The number of para-hydroxylation sites is 2. The standard InChI is InChI=1S/C18H28N2O3/c1-5-23-17-9-7-6-8-16(17)20(15(4)21)13-11-18(22)19-12-10-14(2)3/h6-9,14H,5,10-13H2,1-4H3,(H,19,22). The van der Waals surface area contributed by atoms with Gasteiger partial charge in [0, 0.05) is 26.4 Å². The maximum atomic E-state index is 12.0. The van der Waals surface area contributed by atoms with E-state index in [1.54, 1.807) is 4.90 Å². The molecule has 0 spiro atoms. The number of anilines is 1. The first-order valence-corrected chi connectivity index (χ1v) is 8.22. The number of hydrogen-bond acceptors (Lipinski definition) is 3. The summed E-state index contributed by atoms with van der Waals surface area (Å²) < 4.78 is 5.57. The predicted octanol–water partition coefficient (Wildman–Crippen LogP) is 2.99. The van der Waals surface area contributed by atoms with Crippen molar-refractivity contribution in [2.24, 2.45) is 5.92 Å². The van der Waals surface area contributed by atoms with E-state index in [1.807, 2.05) is 31.2 Å². The predicted molar refractivity (Wildman–Crippen MR) is 92.7 cm³/mol. The number of ether oxygens (including phenoxy) is 1. The summed E-state index contributed by atoms with van der Waals surface area (Å²) >= 11 is 0. The van der Waals surface area contributed by atoms with Gasteiger partial charge in [0.05, 0.1) is 12.3 Å². The maximum Gasteiger partial charge on any atom is 0.223 e. The van der Waals surface area contributed by atoms with Gasteiger partial charge in [-0.1, -0.05) is 26.0 Å². The van der Waals surface area contributed by atoms with Gasteiger partial charge in [-0.15, -0.1) is 0 Å². The molecule has 0 bridgehead atoms. The third-order valence-electron chi connectivity index (χ3n) is 3.44. The average Bonchev–Trinajstić information content (AvgIpc) is 2.48. The Morgan fingerprint density at radius 2 is 1.96 bits per heavy atom. The van der Waals surface area contributed by atoms with Gasteiger partial charge in [0.15, 0.2) is 0 Å². The van der Waals surface area contributed by atoms with Crippen LogP contribution < -0.4 is 15.0 Å². The number of hydrogen-bond donors (Lipinski definition) is 1. The van der Waals surface area contributed by atoms with Gasteiger partial charge in [0.2, 0.25) is 11.8 Å². The van der Waals surface area contributed by atoms with Gasteiger partial charge in [0.1, 0.15) is 5.75 Å². The summed E-state index contributed by atoms with van der Waals surface area (Å²) in [5.74, 6) is 1.07. The summed E-state index contributed by atoms with van der Waals surface area (Å²) in [5, 5.41) is 2.89. The van der Waals surface area contributed by atoms with Crippen LogP contribution in [0.15, 0.2) is 24.3 Å². The van der Waals surface area contributed by atoms with E-state index in [0.29, 0.717) is 37.1 Å². The highest BCUT2D eigenvalue weighted by molar-refractivity contribution is 5.93. The third-order valence-corrected chi connectivity index (χ3v) is 3.44. The summed E-state index contributed by atoms with van der Waals surface area (Å²) in [6, 6.07) is 7.39.